The number of carbonyl (C=O) groups is 2. The van der Waals surface area contributed by atoms with Gasteiger partial charge in [-0.3, -0.25) is 9.59 Å². The van der Waals surface area contributed by atoms with Gasteiger partial charge in [0.15, 0.2) is 0 Å². The summed E-state index contributed by atoms with van der Waals surface area (Å²) in [5, 5.41) is 15.1. The Morgan fingerprint density at radius 2 is 1.57 bits per heavy atom. The van der Waals surface area contributed by atoms with Crippen LogP contribution in [0.2, 0.25) is 0 Å². The van der Waals surface area contributed by atoms with Crippen molar-refractivity contribution < 1.29 is 41.0 Å². The minimum atomic E-state index is -5.01. The molecular weight excluding hydrogens is 478 g/mol. The highest BCUT2D eigenvalue weighted by molar-refractivity contribution is 5.96. The fourth-order valence-electron chi connectivity index (χ4n) is 5.39. The van der Waals surface area contributed by atoms with Gasteiger partial charge >= 0.3 is 18.3 Å². The van der Waals surface area contributed by atoms with Crippen molar-refractivity contribution in [3.63, 3.8) is 0 Å². The van der Waals surface area contributed by atoms with Gasteiger partial charge in [-0.1, -0.05) is 20.3 Å². The van der Waals surface area contributed by atoms with Crippen LogP contribution >= 0.6 is 0 Å². The second kappa shape index (κ2) is 9.99. The molecule has 0 saturated heterocycles. The largest absolute Gasteiger partial charge is 0.481 e. The van der Waals surface area contributed by atoms with Crippen LogP contribution in [0.5, 0.6) is 0 Å². The van der Waals surface area contributed by atoms with Gasteiger partial charge in [0, 0.05) is 17.8 Å². The molecule has 0 aliphatic heterocycles. The summed E-state index contributed by atoms with van der Waals surface area (Å²) >= 11 is 0. The molecule has 0 bridgehead atoms. The van der Waals surface area contributed by atoms with Gasteiger partial charge in [0.1, 0.15) is 0 Å². The average molecular weight is 509 g/mol. The van der Waals surface area contributed by atoms with Crippen molar-refractivity contribution in [2.75, 3.05) is 5.32 Å². The Morgan fingerprint density at radius 1 is 0.971 bits per heavy atom. The van der Waals surface area contributed by atoms with Crippen molar-refractivity contribution in [3.05, 3.63) is 29.3 Å². The van der Waals surface area contributed by atoms with E-state index in [9.17, 15) is 41.0 Å². The van der Waals surface area contributed by atoms with Gasteiger partial charge in [0.05, 0.1) is 22.5 Å². The number of carboxylic acids is 1. The normalized spacial score (nSPS) is 27.7. The van der Waals surface area contributed by atoms with E-state index in [-0.39, 0.29) is 24.1 Å². The molecule has 3 N–H and O–H groups in total. The molecule has 1 amide bonds. The van der Waals surface area contributed by atoms with Gasteiger partial charge < -0.3 is 15.7 Å². The van der Waals surface area contributed by atoms with Gasteiger partial charge in [-0.15, -0.1) is 0 Å². The number of benzene rings is 1. The molecule has 2 fully saturated rings. The quantitative estimate of drug-likeness (QED) is 0.407. The predicted molar refractivity (Wildman–Crippen MR) is 117 cm³/mol. The number of amides is 1. The zero-order chi connectivity index (χ0) is 26.2. The van der Waals surface area contributed by atoms with E-state index in [1.165, 1.54) is 0 Å². The van der Waals surface area contributed by atoms with Crippen LogP contribution < -0.4 is 10.6 Å². The molecule has 35 heavy (non-hydrogen) atoms. The third-order valence-corrected chi connectivity index (χ3v) is 7.45. The average Bonchev–Trinajstić information content (AvgIpc) is 3.18. The van der Waals surface area contributed by atoms with E-state index in [4.69, 9.17) is 0 Å². The first-order valence-electron chi connectivity index (χ1n) is 11.7. The molecule has 5 nitrogen and oxygen atoms in total. The molecule has 2 saturated carbocycles. The third kappa shape index (κ3) is 6.29. The van der Waals surface area contributed by atoms with Crippen molar-refractivity contribution >= 4 is 17.6 Å². The van der Waals surface area contributed by atoms with E-state index in [0.717, 1.165) is 12.8 Å². The summed E-state index contributed by atoms with van der Waals surface area (Å²) in [6.45, 7) is 3.60. The Labute approximate surface area is 199 Å². The van der Waals surface area contributed by atoms with Crippen LogP contribution in [0.25, 0.3) is 0 Å². The first kappa shape index (κ1) is 27.3. The monoisotopic (exact) mass is 508 g/mol. The molecule has 0 aromatic heterocycles. The summed E-state index contributed by atoms with van der Waals surface area (Å²) in [5.74, 6) is -2.10. The summed E-state index contributed by atoms with van der Waals surface area (Å²) in [6, 6.07) is 0.934. The number of alkyl halides is 6. The highest BCUT2D eigenvalue weighted by Gasteiger charge is 2.48. The number of carbonyl (C=O) groups excluding carboxylic acids is 1. The number of anilines is 1. The van der Waals surface area contributed by atoms with Gasteiger partial charge in [0.25, 0.3) is 0 Å². The van der Waals surface area contributed by atoms with E-state index in [1.54, 1.807) is 13.8 Å². The van der Waals surface area contributed by atoms with Crippen LogP contribution in [0.4, 0.5) is 32.0 Å². The number of carboxylic acid groups (broad SMARTS) is 1. The zero-order valence-electron chi connectivity index (χ0n) is 19.5. The number of halogens is 6. The van der Waals surface area contributed by atoms with Crippen LogP contribution in [-0.2, 0) is 21.9 Å². The van der Waals surface area contributed by atoms with Crippen LogP contribution in [0.1, 0.15) is 69.9 Å². The van der Waals surface area contributed by atoms with Crippen molar-refractivity contribution in [2.45, 2.75) is 83.2 Å². The number of nitrogens with one attached hydrogen (secondary N) is 2. The number of hydrogen-bond donors (Lipinski definition) is 3. The molecule has 1 aromatic rings. The molecule has 4 unspecified atom stereocenters. The van der Waals surface area contributed by atoms with Crippen LogP contribution in [0.3, 0.4) is 0 Å². The molecular formula is C24H30F6N2O3. The first-order chi connectivity index (χ1) is 16.1. The van der Waals surface area contributed by atoms with Gasteiger partial charge in [-0.2, -0.15) is 26.3 Å². The maximum absolute atomic E-state index is 13.3. The Hall–Kier alpha value is -2.30. The van der Waals surface area contributed by atoms with Crippen molar-refractivity contribution in [1.82, 2.24) is 5.32 Å². The molecule has 2 aliphatic carbocycles. The fourth-order valence-corrected chi connectivity index (χ4v) is 5.39. The van der Waals surface area contributed by atoms with Crippen molar-refractivity contribution in [1.29, 1.82) is 0 Å². The first-order valence-corrected chi connectivity index (χ1v) is 11.7. The molecule has 196 valence electrons. The minimum Gasteiger partial charge on any atom is -0.481 e. The maximum Gasteiger partial charge on any atom is 0.416 e. The second-order valence-corrected chi connectivity index (χ2v) is 10.1. The van der Waals surface area contributed by atoms with Crippen LogP contribution in [0, 0.1) is 17.3 Å². The zero-order valence-corrected chi connectivity index (χ0v) is 19.5. The third-order valence-electron chi connectivity index (χ3n) is 7.45. The Morgan fingerprint density at radius 3 is 2.09 bits per heavy atom. The Kier molecular flexibility index (Phi) is 7.79. The molecule has 4 atom stereocenters. The number of hydrogen-bond acceptors (Lipinski definition) is 3. The van der Waals surface area contributed by atoms with E-state index >= 15 is 0 Å². The molecule has 3 rings (SSSR count). The minimum absolute atomic E-state index is 0.0151. The van der Waals surface area contributed by atoms with Gasteiger partial charge in [-0.25, -0.2) is 0 Å². The lowest BCUT2D eigenvalue weighted by atomic mass is 9.74. The standard InChI is InChI=1S/C24H30F6N2O3/c1-13(2)22(7-6-18(12-22)31-17-5-3-4-14(8-17)20(33)34)21(35)32-19-10-15(23(25,26)27)9-16(11-19)24(28,29)30/h9-11,13-14,17-18,31H,3-8,12H2,1-2H3,(H,32,35)(H,33,34). The molecule has 1 aromatic carbocycles. The fraction of sp³-hybridized carbons (Fsp3) is 0.667. The van der Waals surface area contributed by atoms with Gasteiger partial charge in [0.2, 0.25) is 5.91 Å². The Balaban J connectivity index is 1.78. The Bertz CT molecular complexity index is 914. The van der Waals surface area contributed by atoms with E-state index in [0.29, 0.717) is 44.2 Å². The van der Waals surface area contributed by atoms with Crippen LogP contribution in [-0.4, -0.2) is 29.1 Å². The topological polar surface area (TPSA) is 78.4 Å². The second-order valence-electron chi connectivity index (χ2n) is 10.1. The molecule has 0 heterocycles. The molecule has 2 aliphatic rings. The summed E-state index contributed by atoms with van der Waals surface area (Å²) in [6.07, 6.45) is -5.97. The van der Waals surface area contributed by atoms with Crippen molar-refractivity contribution in [3.8, 4) is 0 Å². The van der Waals surface area contributed by atoms with E-state index in [2.05, 4.69) is 10.6 Å². The lowest BCUT2D eigenvalue weighted by molar-refractivity contribution is -0.144. The maximum atomic E-state index is 13.3. The summed E-state index contributed by atoms with van der Waals surface area (Å²) in [5.41, 5.74) is -4.51. The van der Waals surface area contributed by atoms with E-state index in [1.807, 2.05) is 0 Å². The molecule has 0 spiro atoms. The van der Waals surface area contributed by atoms with Gasteiger partial charge in [-0.05, 0) is 62.6 Å². The van der Waals surface area contributed by atoms with Crippen LogP contribution in [0.15, 0.2) is 18.2 Å². The predicted octanol–water partition coefficient (Wildman–Crippen LogP) is 6.09. The molecule has 11 heteroatoms. The lowest BCUT2D eigenvalue weighted by Gasteiger charge is -2.34. The smallest absolute Gasteiger partial charge is 0.416 e. The highest BCUT2D eigenvalue weighted by Crippen LogP contribution is 2.46. The lowest BCUT2D eigenvalue weighted by Crippen LogP contribution is -2.44. The highest BCUT2D eigenvalue weighted by atomic mass is 19.4. The summed E-state index contributed by atoms with van der Waals surface area (Å²) in [7, 11) is 0. The SMILES string of the molecule is CC(C)C1(C(=O)Nc2cc(C(F)(F)F)cc(C(F)(F)F)c2)CCC(NC2CCCC(C(=O)O)C2)C1. The summed E-state index contributed by atoms with van der Waals surface area (Å²) < 4.78 is 79.2. The molecule has 0 radical (unpaired) electrons. The number of aliphatic carboxylic acids is 1. The number of rotatable bonds is 6. The summed E-state index contributed by atoms with van der Waals surface area (Å²) in [4.78, 5) is 24.6. The van der Waals surface area contributed by atoms with E-state index < -0.39 is 52.4 Å². The van der Waals surface area contributed by atoms with Crippen molar-refractivity contribution in [2.24, 2.45) is 17.3 Å².